The Morgan fingerprint density at radius 1 is 1.14 bits per heavy atom. The van der Waals surface area contributed by atoms with Gasteiger partial charge in [-0.1, -0.05) is 24.3 Å². The first kappa shape index (κ1) is 25.8. The number of halogens is 3. The van der Waals surface area contributed by atoms with E-state index in [1.807, 2.05) is 24.3 Å². The summed E-state index contributed by atoms with van der Waals surface area (Å²) in [6.07, 6.45) is 3.38. The van der Waals surface area contributed by atoms with Crippen molar-refractivity contribution in [2.75, 3.05) is 25.5 Å². The monoisotopic (exact) mass is 557 g/mol. The van der Waals surface area contributed by atoms with Crippen molar-refractivity contribution >= 4 is 33.4 Å². The number of hydrogen-bond donors (Lipinski definition) is 1. The molecule has 0 radical (unpaired) electrons. The normalized spacial score (nSPS) is 13.9. The van der Waals surface area contributed by atoms with Crippen LogP contribution in [0.2, 0.25) is 0 Å². The highest BCUT2D eigenvalue weighted by Gasteiger charge is 2.25. The molecule has 6 nitrogen and oxygen atoms in total. The molecule has 2 heterocycles. The zero-order valence-electron chi connectivity index (χ0n) is 19.8. The molecule has 0 spiro atoms. The molecule has 2 aromatic carbocycles. The molecule has 1 aliphatic rings. The summed E-state index contributed by atoms with van der Waals surface area (Å²) in [5.41, 5.74) is 2.51. The molecule has 2 amide bonds. The van der Waals surface area contributed by atoms with E-state index in [-0.39, 0.29) is 41.4 Å². The third-order valence-electron chi connectivity index (χ3n) is 6.35. The lowest BCUT2D eigenvalue weighted by molar-refractivity contribution is -0.116. The second-order valence-corrected chi connectivity index (χ2v) is 9.52. The zero-order valence-corrected chi connectivity index (χ0v) is 21.4. The van der Waals surface area contributed by atoms with Gasteiger partial charge in [0.15, 0.2) is 5.82 Å². The standard InChI is InChI=1S/C27H26BrF2N3O3/c1-36-26-23(29)15-20(16-31-26)27(35)33-13-11-18(12-14-33)17-5-8-21(9-6-17)32-24(34)10-7-19-3-2-4-22(28)25(19)30/h2-6,8-9,15-16,18H,7,10-14H2,1H3,(H,32,34). The maximum absolute atomic E-state index is 14.1. The van der Waals surface area contributed by atoms with E-state index < -0.39 is 5.82 Å². The van der Waals surface area contributed by atoms with E-state index in [2.05, 4.69) is 26.2 Å². The fourth-order valence-electron chi connectivity index (χ4n) is 4.34. The van der Waals surface area contributed by atoms with Crippen LogP contribution in [0.25, 0.3) is 0 Å². The quantitative estimate of drug-likeness (QED) is 0.403. The van der Waals surface area contributed by atoms with Gasteiger partial charge in [0.25, 0.3) is 5.91 Å². The van der Waals surface area contributed by atoms with Gasteiger partial charge in [0.2, 0.25) is 11.8 Å². The van der Waals surface area contributed by atoms with Gasteiger partial charge >= 0.3 is 0 Å². The molecule has 0 unspecified atom stereocenters. The topological polar surface area (TPSA) is 71.5 Å². The van der Waals surface area contributed by atoms with Crippen molar-refractivity contribution in [2.24, 2.45) is 0 Å². The predicted molar refractivity (Wildman–Crippen MR) is 136 cm³/mol. The Labute approximate surface area is 216 Å². The molecule has 1 N–H and O–H groups in total. The number of amides is 2. The van der Waals surface area contributed by atoms with Crippen LogP contribution >= 0.6 is 15.9 Å². The second-order valence-electron chi connectivity index (χ2n) is 8.66. The number of carbonyl (C=O) groups excluding carboxylic acids is 2. The SMILES string of the molecule is COc1ncc(C(=O)N2CCC(c3ccc(NC(=O)CCc4cccc(Br)c4F)cc3)CC2)cc1F. The molecule has 188 valence electrons. The lowest BCUT2D eigenvalue weighted by atomic mass is 9.89. The van der Waals surface area contributed by atoms with Crippen molar-refractivity contribution in [1.82, 2.24) is 9.88 Å². The molecular weight excluding hydrogens is 532 g/mol. The predicted octanol–water partition coefficient (Wildman–Crippen LogP) is 5.72. The van der Waals surface area contributed by atoms with Crippen LogP contribution in [0.1, 0.15) is 46.7 Å². The van der Waals surface area contributed by atoms with Crippen LogP contribution in [-0.4, -0.2) is 41.9 Å². The molecule has 0 atom stereocenters. The van der Waals surface area contributed by atoms with E-state index in [9.17, 15) is 18.4 Å². The van der Waals surface area contributed by atoms with Gasteiger partial charge in [0, 0.05) is 31.4 Å². The largest absolute Gasteiger partial charge is 0.479 e. The van der Waals surface area contributed by atoms with Crippen LogP contribution in [0.15, 0.2) is 59.2 Å². The Hall–Kier alpha value is -3.33. The number of hydrogen-bond acceptors (Lipinski definition) is 4. The number of pyridine rings is 1. The van der Waals surface area contributed by atoms with Crippen LogP contribution in [0, 0.1) is 11.6 Å². The maximum Gasteiger partial charge on any atom is 0.255 e. The summed E-state index contributed by atoms with van der Waals surface area (Å²) in [6.45, 7) is 1.11. The van der Waals surface area contributed by atoms with Crippen molar-refractivity contribution < 1.29 is 23.1 Å². The van der Waals surface area contributed by atoms with Crippen molar-refractivity contribution in [3.63, 3.8) is 0 Å². The molecule has 1 fully saturated rings. The van der Waals surface area contributed by atoms with Gasteiger partial charge in [-0.25, -0.2) is 13.8 Å². The molecule has 0 bridgehead atoms. The summed E-state index contributed by atoms with van der Waals surface area (Å²) in [5, 5.41) is 2.86. The van der Waals surface area contributed by atoms with Gasteiger partial charge in [0.05, 0.1) is 17.1 Å². The number of aryl methyl sites for hydroxylation is 1. The third-order valence-corrected chi connectivity index (χ3v) is 6.96. The minimum atomic E-state index is -0.661. The summed E-state index contributed by atoms with van der Waals surface area (Å²) >= 11 is 3.16. The molecule has 3 aromatic rings. The Balaban J connectivity index is 1.27. The first-order chi connectivity index (χ1) is 17.4. The first-order valence-electron chi connectivity index (χ1n) is 11.7. The van der Waals surface area contributed by atoms with E-state index in [1.165, 1.54) is 13.3 Å². The van der Waals surface area contributed by atoms with Crippen LogP contribution in [-0.2, 0) is 11.2 Å². The highest BCUT2D eigenvalue weighted by atomic mass is 79.9. The molecule has 1 aromatic heterocycles. The van der Waals surface area contributed by atoms with Crippen LogP contribution < -0.4 is 10.1 Å². The Morgan fingerprint density at radius 3 is 2.53 bits per heavy atom. The van der Waals surface area contributed by atoms with Crippen molar-refractivity contribution in [2.45, 2.75) is 31.6 Å². The highest BCUT2D eigenvalue weighted by molar-refractivity contribution is 9.10. The number of rotatable bonds is 7. The maximum atomic E-state index is 14.1. The van der Waals surface area contributed by atoms with E-state index in [0.717, 1.165) is 24.5 Å². The van der Waals surface area contributed by atoms with Crippen LogP contribution in [0.3, 0.4) is 0 Å². The number of aromatic nitrogens is 1. The number of likely N-dealkylation sites (tertiary alicyclic amines) is 1. The van der Waals surface area contributed by atoms with Crippen molar-refractivity contribution in [1.29, 1.82) is 0 Å². The first-order valence-corrected chi connectivity index (χ1v) is 12.5. The van der Waals surface area contributed by atoms with E-state index >= 15 is 0 Å². The molecule has 9 heteroatoms. The van der Waals surface area contributed by atoms with E-state index in [1.54, 1.807) is 23.1 Å². The fraction of sp³-hybridized carbons (Fsp3) is 0.296. The molecule has 0 aliphatic carbocycles. The highest BCUT2D eigenvalue weighted by Crippen LogP contribution is 2.30. The Morgan fingerprint density at radius 2 is 1.86 bits per heavy atom. The molecular formula is C27H26BrF2N3O3. The average Bonchev–Trinajstić information content (AvgIpc) is 2.89. The smallest absolute Gasteiger partial charge is 0.255 e. The summed E-state index contributed by atoms with van der Waals surface area (Å²) in [7, 11) is 1.33. The van der Waals surface area contributed by atoms with Crippen LogP contribution in [0.5, 0.6) is 5.88 Å². The zero-order chi connectivity index (χ0) is 25.7. The Bertz CT molecular complexity index is 1250. The van der Waals surface area contributed by atoms with Crippen molar-refractivity contribution in [3.05, 3.63) is 87.5 Å². The number of nitrogens with one attached hydrogen (secondary N) is 1. The van der Waals surface area contributed by atoms with E-state index in [0.29, 0.717) is 35.2 Å². The average molecular weight is 558 g/mol. The second kappa shape index (κ2) is 11.6. The number of ether oxygens (including phenoxy) is 1. The van der Waals surface area contributed by atoms with Gasteiger partial charge in [-0.05, 0) is 76.5 Å². The van der Waals surface area contributed by atoms with Gasteiger partial charge in [-0.2, -0.15) is 0 Å². The molecule has 4 rings (SSSR count). The summed E-state index contributed by atoms with van der Waals surface area (Å²) in [6, 6.07) is 13.9. The summed E-state index contributed by atoms with van der Waals surface area (Å²) < 4.78 is 33.2. The minimum Gasteiger partial charge on any atom is -0.479 e. The minimum absolute atomic E-state index is 0.136. The number of benzene rings is 2. The number of nitrogens with zero attached hydrogens (tertiary/aromatic N) is 2. The molecule has 1 saturated heterocycles. The summed E-state index contributed by atoms with van der Waals surface area (Å²) in [5.74, 6) is -1.28. The number of carbonyl (C=O) groups is 2. The molecule has 0 saturated carbocycles. The number of methoxy groups -OCH3 is 1. The van der Waals surface area contributed by atoms with Gasteiger partial charge in [-0.15, -0.1) is 0 Å². The lowest BCUT2D eigenvalue weighted by Crippen LogP contribution is -2.38. The number of anilines is 1. The molecule has 1 aliphatic heterocycles. The van der Waals surface area contributed by atoms with Gasteiger partial charge in [-0.3, -0.25) is 9.59 Å². The lowest BCUT2D eigenvalue weighted by Gasteiger charge is -2.32. The van der Waals surface area contributed by atoms with Crippen molar-refractivity contribution in [3.8, 4) is 5.88 Å². The van der Waals surface area contributed by atoms with Gasteiger partial charge < -0.3 is 15.0 Å². The van der Waals surface area contributed by atoms with Gasteiger partial charge in [0.1, 0.15) is 5.82 Å². The third kappa shape index (κ3) is 6.07. The summed E-state index contributed by atoms with van der Waals surface area (Å²) in [4.78, 5) is 30.6. The molecule has 36 heavy (non-hydrogen) atoms. The Kier molecular flexibility index (Phi) is 8.30. The number of piperidine rings is 1. The van der Waals surface area contributed by atoms with Crippen LogP contribution in [0.4, 0.5) is 14.5 Å². The van der Waals surface area contributed by atoms with E-state index in [4.69, 9.17) is 4.74 Å². The fourth-order valence-corrected chi connectivity index (χ4v) is 4.75.